The van der Waals surface area contributed by atoms with Crippen molar-refractivity contribution in [3.63, 3.8) is 0 Å². The van der Waals surface area contributed by atoms with Gasteiger partial charge in [-0.3, -0.25) is 0 Å². The van der Waals surface area contributed by atoms with Crippen molar-refractivity contribution in [1.82, 2.24) is 9.78 Å². The molecular weight excluding hydrogens is 266 g/mol. The van der Waals surface area contributed by atoms with E-state index in [1.807, 2.05) is 12.3 Å². The lowest BCUT2D eigenvalue weighted by Crippen LogP contribution is -1.99. The highest BCUT2D eigenvalue weighted by Crippen LogP contribution is 2.39. The number of hydrogen-bond acceptors (Lipinski definition) is 4. The van der Waals surface area contributed by atoms with Crippen LogP contribution in [0.15, 0.2) is 31.1 Å². The molecule has 6 heteroatoms. The van der Waals surface area contributed by atoms with E-state index in [4.69, 9.17) is 21.1 Å². The predicted molar refractivity (Wildman–Crippen MR) is 73.5 cm³/mol. The van der Waals surface area contributed by atoms with Gasteiger partial charge in [-0.15, -0.1) is 0 Å². The minimum absolute atomic E-state index is 0.237. The summed E-state index contributed by atoms with van der Waals surface area (Å²) in [7, 11) is 0. The third-order valence-corrected chi connectivity index (χ3v) is 3.10. The standard InChI is InChI=1S/C13H12ClN3O2/c1-2-17-7-9(6-16-17)5-15-11-4-13-12(3-10(11)14)18-8-19-13/h2-4,6-7,15H,1,5,8H2. The van der Waals surface area contributed by atoms with Gasteiger partial charge in [-0.25, -0.2) is 4.68 Å². The second kappa shape index (κ2) is 4.85. The first-order valence-corrected chi connectivity index (χ1v) is 6.12. The molecule has 0 radical (unpaired) electrons. The Morgan fingerprint density at radius 3 is 2.95 bits per heavy atom. The molecule has 0 bridgehead atoms. The average Bonchev–Trinajstić information content (AvgIpc) is 3.03. The fourth-order valence-electron chi connectivity index (χ4n) is 1.82. The number of anilines is 1. The second-order valence-electron chi connectivity index (χ2n) is 4.05. The number of benzene rings is 1. The molecule has 19 heavy (non-hydrogen) atoms. The number of nitrogens with zero attached hydrogens (tertiary/aromatic N) is 2. The molecule has 1 aromatic carbocycles. The zero-order chi connectivity index (χ0) is 13.2. The first-order chi connectivity index (χ1) is 9.26. The van der Waals surface area contributed by atoms with Crippen molar-refractivity contribution in [3.8, 4) is 11.5 Å². The molecule has 0 fully saturated rings. The third-order valence-electron chi connectivity index (χ3n) is 2.79. The molecule has 1 aliphatic rings. The average molecular weight is 278 g/mol. The van der Waals surface area contributed by atoms with Crippen molar-refractivity contribution in [1.29, 1.82) is 0 Å². The van der Waals surface area contributed by atoms with Crippen molar-refractivity contribution in [2.45, 2.75) is 6.54 Å². The minimum Gasteiger partial charge on any atom is -0.454 e. The number of halogens is 1. The van der Waals surface area contributed by atoms with Gasteiger partial charge in [-0.05, 0) is 0 Å². The maximum absolute atomic E-state index is 6.17. The highest BCUT2D eigenvalue weighted by atomic mass is 35.5. The molecule has 5 nitrogen and oxygen atoms in total. The van der Waals surface area contributed by atoms with E-state index >= 15 is 0 Å². The molecule has 0 atom stereocenters. The lowest BCUT2D eigenvalue weighted by Gasteiger charge is -2.08. The summed E-state index contributed by atoms with van der Waals surface area (Å²) in [5.41, 5.74) is 1.84. The number of nitrogens with one attached hydrogen (secondary N) is 1. The minimum atomic E-state index is 0.237. The number of ether oxygens (including phenoxy) is 2. The molecular formula is C13H12ClN3O2. The summed E-state index contributed by atoms with van der Waals surface area (Å²) in [6, 6.07) is 3.59. The Balaban J connectivity index is 1.74. The van der Waals surface area contributed by atoms with Gasteiger partial charge in [-0.2, -0.15) is 5.10 Å². The molecule has 2 aromatic rings. The van der Waals surface area contributed by atoms with Crippen molar-refractivity contribution in [3.05, 3.63) is 41.7 Å². The van der Waals surface area contributed by atoms with Gasteiger partial charge in [0.25, 0.3) is 0 Å². The van der Waals surface area contributed by atoms with Gasteiger partial charge < -0.3 is 14.8 Å². The Hall–Kier alpha value is -2.14. The van der Waals surface area contributed by atoms with Gasteiger partial charge in [0.1, 0.15) is 0 Å². The lowest BCUT2D eigenvalue weighted by molar-refractivity contribution is 0.174. The summed E-state index contributed by atoms with van der Waals surface area (Å²) in [5, 5.41) is 7.95. The zero-order valence-corrected chi connectivity index (χ0v) is 10.9. The molecule has 0 saturated heterocycles. The Morgan fingerprint density at radius 1 is 1.42 bits per heavy atom. The fraction of sp³-hybridized carbons (Fsp3) is 0.154. The van der Waals surface area contributed by atoms with Crippen LogP contribution < -0.4 is 14.8 Å². The SMILES string of the molecule is C=Cn1cc(CNc2cc3c(cc2Cl)OCO3)cn1. The molecule has 98 valence electrons. The van der Waals surface area contributed by atoms with Crippen LogP contribution in [-0.2, 0) is 6.54 Å². The normalized spacial score (nSPS) is 12.5. The summed E-state index contributed by atoms with van der Waals surface area (Å²) in [6.07, 6.45) is 5.30. The quantitative estimate of drug-likeness (QED) is 0.933. The van der Waals surface area contributed by atoms with Gasteiger partial charge in [0.2, 0.25) is 6.79 Å². The van der Waals surface area contributed by atoms with Crippen LogP contribution in [-0.4, -0.2) is 16.6 Å². The Labute approximate surface area is 115 Å². The van der Waals surface area contributed by atoms with Crippen molar-refractivity contribution in [2.75, 3.05) is 12.1 Å². The smallest absolute Gasteiger partial charge is 0.231 e. The van der Waals surface area contributed by atoms with Crippen LogP contribution in [0, 0.1) is 0 Å². The van der Waals surface area contributed by atoms with Crippen LogP contribution in [0.2, 0.25) is 5.02 Å². The van der Waals surface area contributed by atoms with E-state index < -0.39 is 0 Å². The maximum atomic E-state index is 6.17. The summed E-state index contributed by atoms with van der Waals surface area (Å²) >= 11 is 6.17. The highest BCUT2D eigenvalue weighted by molar-refractivity contribution is 6.33. The van der Waals surface area contributed by atoms with Gasteiger partial charge >= 0.3 is 0 Å². The van der Waals surface area contributed by atoms with E-state index in [2.05, 4.69) is 17.0 Å². The van der Waals surface area contributed by atoms with Gasteiger partial charge in [0.05, 0.1) is 16.9 Å². The summed E-state index contributed by atoms with van der Waals surface area (Å²) < 4.78 is 12.2. The van der Waals surface area contributed by atoms with E-state index in [0.29, 0.717) is 23.1 Å². The van der Waals surface area contributed by atoms with E-state index in [-0.39, 0.29) is 6.79 Å². The molecule has 1 aromatic heterocycles. The van der Waals surface area contributed by atoms with Gasteiger partial charge in [0.15, 0.2) is 11.5 Å². The molecule has 2 heterocycles. The Kier molecular flexibility index (Phi) is 3.05. The number of hydrogen-bond donors (Lipinski definition) is 1. The van der Waals surface area contributed by atoms with Gasteiger partial charge in [0, 0.05) is 36.6 Å². The van der Waals surface area contributed by atoms with Gasteiger partial charge in [-0.1, -0.05) is 18.2 Å². The molecule has 0 saturated carbocycles. The van der Waals surface area contributed by atoms with Crippen LogP contribution in [0.3, 0.4) is 0 Å². The van der Waals surface area contributed by atoms with Crippen molar-refractivity contribution in [2.24, 2.45) is 0 Å². The number of aromatic nitrogens is 2. The summed E-state index contributed by atoms with van der Waals surface area (Å²) in [4.78, 5) is 0. The Bertz CT molecular complexity index is 624. The molecule has 0 amide bonds. The van der Waals surface area contributed by atoms with Crippen LogP contribution >= 0.6 is 11.6 Å². The largest absolute Gasteiger partial charge is 0.454 e. The Morgan fingerprint density at radius 2 is 2.21 bits per heavy atom. The molecule has 0 spiro atoms. The molecule has 0 aliphatic carbocycles. The monoisotopic (exact) mass is 277 g/mol. The molecule has 1 aliphatic heterocycles. The van der Waals surface area contributed by atoms with Crippen molar-refractivity contribution < 1.29 is 9.47 Å². The molecule has 0 unspecified atom stereocenters. The first kappa shape index (κ1) is 11.9. The van der Waals surface area contributed by atoms with Crippen molar-refractivity contribution >= 4 is 23.5 Å². The first-order valence-electron chi connectivity index (χ1n) is 5.75. The molecule has 1 N–H and O–H groups in total. The highest BCUT2D eigenvalue weighted by Gasteiger charge is 2.16. The zero-order valence-electron chi connectivity index (χ0n) is 10.1. The van der Waals surface area contributed by atoms with Crippen LogP contribution in [0.25, 0.3) is 6.20 Å². The fourth-order valence-corrected chi connectivity index (χ4v) is 2.04. The van der Waals surface area contributed by atoms with Crippen LogP contribution in [0.4, 0.5) is 5.69 Å². The van der Waals surface area contributed by atoms with Crippen LogP contribution in [0.1, 0.15) is 5.56 Å². The second-order valence-corrected chi connectivity index (χ2v) is 4.46. The van der Waals surface area contributed by atoms with E-state index in [1.165, 1.54) is 0 Å². The van der Waals surface area contributed by atoms with E-state index in [9.17, 15) is 0 Å². The number of rotatable bonds is 4. The third kappa shape index (κ3) is 2.37. The predicted octanol–water partition coefficient (Wildman–Crippen LogP) is 2.98. The summed E-state index contributed by atoms with van der Waals surface area (Å²) in [5.74, 6) is 1.38. The van der Waals surface area contributed by atoms with Crippen LogP contribution in [0.5, 0.6) is 11.5 Å². The van der Waals surface area contributed by atoms with E-state index in [1.54, 1.807) is 23.1 Å². The summed E-state index contributed by atoms with van der Waals surface area (Å²) in [6.45, 7) is 4.50. The molecule has 3 rings (SSSR count). The maximum Gasteiger partial charge on any atom is 0.231 e. The number of fused-ring (bicyclic) bond motifs is 1. The van der Waals surface area contributed by atoms with E-state index in [0.717, 1.165) is 11.3 Å². The topological polar surface area (TPSA) is 48.3 Å². The lowest BCUT2D eigenvalue weighted by atomic mass is 10.2.